The fourth-order valence-corrected chi connectivity index (χ4v) is 1.86. The summed E-state index contributed by atoms with van der Waals surface area (Å²) in [6.07, 6.45) is 3.46. The van der Waals surface area contributed by atoms with Gasteiger partial charge in [-0.3, -0.25) is 4.79 Å². The topological polar surface area (TPSA) is 46.3 Å². The van der Waals surface area contributed by atoms with Crippen LogP contribution in [-0.4, -0.2) is 29.9 Å². The van der Waals surface area contributed by atoms with Gasteiger partial charge in [0.15, 0.2) is 0 Å². The van der Waals surface area contributed by atoms with Crippen LogP contribution in [0.2, 0.25) is 0 Å². The van der Waals surface area contributed by atoms with Gasteiger partial charge in [-0.2, -0.15) is 0 Å². The summed E-state index contributed by atoms with van der Waals surface area (Å²) in [5, 5.41) is 0. The van der Waals surface area contributed by atoms with Gasteiger partial charge < -0.3 is 10.6 Å². The van der Waals surface area contributed by atoms with Crippen LogP contribution in [0, 0.1) is 11.8 Å². The molecule has 0 aromatic carbocycles. The molecule has 2 aliphatic rings. The van der Waals surface area contributed by atoms with E-state index in [0.29, 0.717) is 6.04 Å². The number of hydrogen-bond donors (Lipinski definition) is 1. The van der Waals surface area contributed by atoms with Crippen LogP contribution in [-0.2, 0) is 4.79 Å². The predicted molar refractivity (Wildman–Crippen MR) is 51.0 cm³/mol. The molecule has 0 heterocycles. The standard InChI is InChI=1S/C10H18N2O/c1-6(7-3-4-7)12(2)10(13)8-5-9(8)11/h6-9H,3-5,11H2,1-2H3. The Balaban J connectivity index is 1.87. The lowest BCUT2D eigenvalue weighted by Crippen LogP contribution is -2.38. The summed E-state index contributed by atoms with van der Waals surface area (Å²) in [5.74, 6) is 1.14. The second-order valence-electron chi connectivity index (χ2n) is 4.53. The average molecular weight is 182 g/mol. The van der Waals surface area contributed by atoms with Gasteiger partial charge in [-0.1, -0.05) is 0 Å². The van der Waals surface area contributed by atoms with E-state index in [-0.39, 0.29) is 17.9 Å². The molecular formula is C10H18N2O. The summed E-state index contributed by atoms with van der Waals surface area (Å²) in [7, 11) is 1.91. The van der Waals surface area contributed by atoms with Gasteiger partial charge in [0.05, 0.1) is 5.92 Å². The first-order valence-electron chi connectivity index (χ1n) is 5.13. The molecule has 1 amide bonds. The zero-order valence-electron chi connectivity index (χ0n) is 8.36. The van der Waals surface area contributed by atoms with E-state index in [1.54, 1.807) is 0 Å². The molecule has 2 N–H and O–H groups in total. The highest BCUT2D eigenvalue weighted by Gasteiger charge is 2.44. The fourth-order valence-electron chi connectivity index (χ4n) is 1.86. The minimum atomic E-state index is 0.131. The Morgan fingerprint density at radius 3 is 2.46 bits per heavy atom. The molecule has 3 unspecified atom stereocenters. The first-order valence-corrected chi connectivity index (χ1v) is 5.13. The predicted octanol–water partition coefficient (Wildman–Crippen LogP) is 0.591. The van der Waals surface area contributed by atoms with Crippen molar-refractivity contribution in [2.24, 2.45) is 17.6 Å². The monoisotopic (exact) mass is 182 g/mol. The minimum absolute atomic E-state index is 0.131. The molecule has 3 nitrogen and oxygen atoms in total. The first-order chi connectivity index (χ1) is 6.11. The van der Waals surface area contributed by atoms with Gasteiger partial charge in [-0.25, -0.2) is 0 Å². The lowest BCUT2D eigenvalue weighted by atomic mass is 10.2. The third kappa shape index (κ3) is 1.70. The molecule has 13 heavy (non-hydrogen) atoms. The van der Waals surface area contributed by atoms with E-state index in [9.17, 15) is 4.79 Å². The van der Waals surface area contributed by atoms with Crippen molar-refractivity contribution in [1.29, 1.82) is 0 Å². The maximum Gasteiger partial charge on any atom is 0.227 e. The lowest BCUT2D eigenvalue weighted by molar-refractivity contribution is -0.133. The maximum atomic E-state index is 11.7. The average Bonchev–Trinajstić information content (AvgIpc) is 2.93. The van der Waals surface area contributed by atoms with E-state index in [0.717, 1.165) is 12.3 Å². The highest BCUT2D eigenvalue weighted by Crippen LogP contribution is 2.37. The van der Waals surface area contributed by atoms with Crippen molar-refractivity contribution >= 4 is 5.91 Å². The summed E-state index contributed by atoms with van der Waals surface area (Å²) < 4.78 is 0. The Morgan fingerprint density at radius 1 is 1.54 bits per heavy atom. The van der Waals surface area contributed by atoms with Crippen LogP contribution >= 0.6 is 0 Å². The van der Waals surface area contributed by atoms with Gasteiger partial charge in [-0.05, 0) is 32.1 Å². The summed E-state index contributed by atoms with van der Waals surface area (Å²) in [5.41, 5.74) is 5.65. The van der Waals surface area contributed by atoms with Crippen molar-refractivity contribution in [3.63, 3.8) is 0 Å². The summed E-state index contributed by atoms with van der Waals surface area (Å²) >= 11 is 0. The molecule has 0 spiro atoms. The van der Waals surface area contributed by atoms with Gasteiger partial charge in [-0.15, -0.1) is 0 Å². The van der Waals surface area contributed by atoms with Crippen molar-refractivity contribution in [3.05, 3.63) is 0 Å². The van der Waals surface area contributed by atoms with Crippen LogP contribution in [0.15, 0.2) is 0 Å². The van der Waals surface area contributed by atoms with Crippen LogP contribution in [0.4, 0.5) is 0 Å². The zero-order valence-corrected chi connectivity index (χ0v) is 8.36. The third-order valence-electron chi connectivity index (χ3n) is 3.42. The van der Waals surface area contributed by atoms with Crippen molar-refractivity contribution < 1.29 is 4.79 Å². The largest absolute Gasteiger partial charge is 0.342 e. The maximum absolute atomic E-state index is 11.7. The second-order valence-corrected chi connectivity index (χ2v) is 4.53. The van der Waals surface area contributed by atoms with Gasteiger partial charge in [0.1, 0.15) is 0 Å². The van der Waals surface area contributed by atoms with Crippen molar-refractivity contribution in [3.8, 4) is 0 Å². The lowest BCUT2D eigenvalue weighted by Gasteiger charge is -2.24. The zero-order chi connectivity index (χ0) is 9.59. The first kappa shape index (κ1) is 9.00. The van der Waals surface area contributed by atoms with E-state index < -0.39 is 0 Å². The molecule has 2 rings (SSSR count). The molecule has 3 atom stereocenters. The number of rotatable bonds is 3. The van der Waals surface area contributed by atoms with Crippen molar-refractivity contribution in [1.82, 2.24) is 4.90 Å². The number of amides is 1. The summed E-state index contributed by atoms with van der Waals surface area (Å²) in [4.78, 5) is 13.6. The number of carbonyl (C=O) groups is 1. The van der Waals surface area contributed by atoms with Gasteiger partial charge >= 0.3 is 0 Å². The van der Waals surface area contributed by atoms with Crippen LogP contribution in [0.25, 0.3) is 0 Å². The number of nitrogens with two attached hydrogens (primary N) is 1. The molecule has 3 heteroatoms. The molecule has 0 aliphatic heterocycles. The van der Waals surface area contributed by atoms with E-state index >= 15 is 0 Å². The van der Waals surface area contributed by atoms with Gasteiger partial charge in [0.2, 0.25) is 5.91 Å². The van der Waals surface area contributed by atoms with Crippen molar-refractivity contribution in [2.45, 2.75) is 38.3 Å². The molecule has 2 fully saturated rings. The van der Waals surface area contributed by atoms with E-state index in [4.69, 9.17) is 5.73 Å². The van der Waals surface area contributed by atoms with Crippen LogP contribution in [0.1, 0.15) is 26.2 Å². The molecule has 0 bridgehead atoms. The van der Waals surface area contributed by atoms with Crippen LogP contribution < -0.4 is 5.73 Å². The Morgan fingerprint density at radius 2 is 2.08 bits per heavy atom. The SMILES string of the molecule is CC(C1CC1)N(C)C(=O)C1CC1N. The highest BCUT2D eigenvalue weighted by molar-refractivity contribution is 5.82. The fraction of sp³-hybridized carbons (Fsp3) is 0.900. The van der Waals surface area contributed by atoms with Crippen molar-refractivity contribution in [2.75, 3.05) is 7.05 Å². The Kier molecular flexibility index (Phi) is 2.06. The number of carbonyl (C=O) groups excluding carboxylic acids is 1. The van der Waals surface area contributed by atoms with E-state index in [1.807, 2.05) is 11.9 Å². The minimum Gasteiger partial charge on any atom is -0.342 e. The van der Waals surface area contributed by atoms with Crippen LogP contribution in [0.3, 0.4) is 0 Å². The molecule has 2 saturated carbocycles. The van der Waals surface area contributed by atoms with Crippen LogP contribution in [0.5, 0.6) is 0 Å². The summed E-state index contributed by atoms with van der Waals surface area (Å²) in [6.45, 7) is 2.14. The third-order valence-corrected chi connectivity index (χ3v) is 3.42. The molecular weight excluding hydrogens is 164 g/mol. The normalized spacial score (nSPS) is 34.1. The number of nitrogens with zero attached hydrogens (tertiary/aromatic N) is 1. The Bertz CT molecular complexity index is 225. The molecule has 74 valence electrons. The highest BCUT2D eigenvalue weighted by atomic mass is 16.2. The molecule has 0 saturated heterocycles. The van der Waals surface area contributed by atoms with Gasteiger partial charge in [0.25, 0.3) is 0 Å². The second kappa shape index (κ2) is 2.98. The molecule has 0 aromatic rings. The smallest absolute Gasteiger partial charge is 0.227 e. The molecule has 2 aliphatic carbocycles. The molecule has 0 radical (unpaired) electrons. The van der Waals surface area contributed by atoms with E-state index in [2.05, 4.69) is 6.92 Å². The Labute approximate surface area is 79.3 Å². The number of hydrogen-bond acceptors (Lipinski definition) is 2. The quantitative estimate of drug-likeness (QED) is 0.694. The van der Waals surface area contributed by atoms with E-state index in [1.165, 1.54) is 12.8 Å². The molecule has 0 aromatic heterocycles. The summed E-state index contributed by atoms with van der Waals surface area (Å²) in [6, 6.07) is 0.557. The Hall–Kier alpha value is -0.570. The van der Waals surface area contributed by atoms with Gasteiger partial charge in [0, 0.05) is 19.1 Å².